The summed E-state index contributed by atoms with van der Waals surface area (Å²) in [6.45, 7) is 0.375. The molecule has 2 N–H and O–H groups in total. The van der Waals surface area contributed by atoms with Crippen LogP contribution < -0.4 is 5.32 Å². The van der Waals surface area contributed by atoms with Crippen molar-refractivity contribution in [2.75, 3.05) is 0 Å². The number of benzene rings is 2. The van der Waals surface area contributed by atoms with E-state index < -0.39 is 0 Å². The number of aromatic amines is 1. The molecule has 4 heteroatoms. The fourth-order valence-electron chi connectivity index (χ4n) is 2.16. The molecule has 0 saturated carbocycles. The quantitative estimate of drug-likeness (QED) is 0.752. The monoisotopic (exact) mass is 268 g/mol. The molecular formula is C16H13FN2O. The summed E-state index contributed by atoms with van der Waals surface area (Å²) in [7, 11) is 0. The van der Waals surface area contributed by atoms with Gasteiger partial charge in [-0.25, -0.2) is 4.39 Å². The molecule has 1 amide bonds. The van der Waals surface area contributed by atoms with Gasteiger partial charge in [0, 0.05) is 29.2 Å². The minimum atomic E-state index is -0.280. The minimum absolute atomic E-state index is 0.139. The normalized spacial score (nSPS) is 10.7. The maximum atomic E-state index is 12.8. The predicted octanol–water partition coefficient (Wildman–Crippen LogP) is 3.24. The van der Waals surface area contributed by atoms with E-state index in [-0.39, 0.29) is 11.7 Å². The molecule has 3 nitrogen and oxygen atoms in total. The van der Waals surface area contributed by atoms with Crippen molar-refractivity contribution in [3.8, 4) is 0 Å². The number of halogens is 1. The van der Waals surface area contributed by atoms with Crippen molar-refractivity contribution in [2.24, 2.45) is 0 Å². The van der Waals surface area contributed by atoms with E-state index >= 15 is 0 Å². The van der Waals surface area contributed by atoms with Gasteiger partial charge in [0.05, 0.1) is 0 Å². The Kier molecular flexibility index (Phi) is 3.21. The van der Waals surface area contributed by atoms with Crippen molar-refractivity contribution in [2.45, 2.75) is 6.54 Å². The fourth-order valence-corrected chi connectivity index (χ4v) is 2.16. The molecule has 1 heterocycles. The van der Waals surface area contributed by atoms with Crippen LogP contribution in [-0.2, 0) is 6.54 Å². The van der Waals surface area contributed by atoms with Gasteiger partial charge in [-0.05, 0) is 35.9 Å². The molecule has 3 aromatic rings. The maximum absolute atomic E-state index is 12.8. The lowest BCUT2D eigenvalue weighted by atomic mass is 10.1. The van der Waals surface area contributed by atoms with Gasteiger partial charge in [0.2, 0.25) is 0 Å². The summed E-state index contributed by atoms with van der Waals surface area (Å²) >= 11 is 0. The highest BCUT2D eigenvalue weighted by Gasteiger charge is 2.09. The number of fused-ring (bicyclic) bond motifs is 1. The predicted molar refractivity (Wildman–Crippen MR) is 75.9 cm³/mol. The second-order valence-corrected chi connectivity index (χ2v) is 4.55. The van der Waals surface area contributed by atoms with Crippen molar-refractivity contribution in [3.63, 3.8) is 0 Å². The molecule has 0 fully saturated rings. The molecule has 2 aromatic carbocycles. The summed E-state index contributed by atoms with van der Waals surface area (Å²) in [4.78, 5) is 15.3. The van der Waals surface area contributed by atoms with Gasteiger partial charge in [0.15, 0.2) is 0 Å². The summed E-state index contributed by atoms with van der Waals surface area (Å²) in [5, 5.41) is 3.73. The first-order chi connectivity index (χ1) is 9.74. The smallest absolute Gasteiger partial charge is 0.252 e. The van der Waals surface area contributed by atoms with Gasteiger partial charge in [0.25, 0.3) is 5.91 Å². The summed E-state index contributed by atoms with van der Waals surface area (Å²) in [5.41, 5.74) is 2.42. The number of amides is 1. The zero-order valence-corrected chi connectivity index (χ0v) is 10.7. The van der Waals surface area contributed by atoms with Crippen molar-refractivity contribution in [1.82, 2.24) is 10.3 Å². The molecular weight excluding hydrogens is 255 g/mol. The van der Waals surface area contributed by atoms with Gasteiger partial charge in [-0.15, -0.1) is 0 Å². The van der Waals surface area contributed by atoms with E-state index in [9.17, 15) is 9.18 Å². The number of rotatable bonds is 3. The number of hydrogen-bond donors (Lipinski definition) is 2. The topological polar surface area (TPSA) is 44.9 Å². The van der Waals surface area contributed by atoms with Crippen molar-refractivity contribution in [3.05, 3.63) is 71.7 Å². The van der Waals surface area contributed by atoms with Gasteiger partial charge in [0.1, 0.15) is 5.82 Å². The van der Waals surface area contributed by atoms with Crippen LogP contribution in [0.2, 0.25) is 0 Å². The van der Waals surface area contributed by atoms with Gasteiger partial charge < -0.3 is 10.3 Å². The van der Waals surface area contributed by atoms with E-state index in [0.29, 0.717) is 12.1 Å². The van der Waals surface area contributed by atoms with Crippen LogP contribution in [0.15, 0.2) is 54.7 Å². The third kappa shape index (κ3) is 2.40. The summed E-state index contributed by atoms with van der Waals surface area (Å²) in [5.74, 6) is -0.420. The molecule has 0 saturated heterocycles. The Morgan fingerprint density at radius 3 is 2.70 bits per heavy atom. The van der Waals surface area contributed by atoms with Gasteiger partial charge in [-0.3, -0.25) is 4.79 Å². The van der Waals surface area contributed by atoms with E-state index in [2.05, 4.69) is 10.3 Å². The fraction of sp³-hybridized carbons (Fsp3) is 0.0625. The first-order valence-electron chi connectivity index (χ1n) is 6.33. The lowest BCUT2D eigenvalue weighted by molar-refractivity contribution is 0.0952. The molecule has 20 heavy (non-hydrogen) atoms. The minimum Gasteiger partial charge on any atom is -0.361 e. The second-order valence-electron chi connectivity index (χ2n) is 4.55. The van der Waals surface area contributed by atoms with Crippen LogP contribution in [0.1, 0.15) is 15.9 Å². The van der Waals surface area contributed by atoms with Crippen molar-refractivity contribution >= 4 is 16.8 Å². The zero-order chi connectivity index (χ0) is 13.9. The van der Waals surface area contributed by atoms with Crippen LogP contribution in [-0.4, -0.2) is 10.9 Å². The van der Waals surface area contributed by atoms with Crippen LogP contribution in [0.5, 0.6) is 0 Å². The largest absolute Gasteiger partial charge is 0.361 e. The molecule has 0 radical (unpaired) electrons. The molecule has 1 aromatic heterocycles. The Labute approximate surface area is 115 Å². The van der Waals surface area contributed by atoms with Crippen LogP contribution in [0.3, 0.4) is 0 Å². The standard InChI is InChI=1S/C16H13FN2O/c17-12-6-4-11(5-7-12)10-19-16(20)14-2-1-3-15-13(14)8-9-18-15/h1-9,18H,10H2,(H,19,20). The molecule has 3 rings (SSSR count). The number of aromatic nitrogens is 1. The maximum Gasteiger partial charge on any atom is 0.252 e. The number of carbonyl (C=O) groups is 1. The van der Waals surface area contributed by atoms with Crippen LogP contribution in [0.25, 0.3) is 10.9 Å². The van der Waals surface area contributed by atoms with Crippen molar-refractivity contribution < 1.29 is 9.18 Å². The van der Waals surface area contributed by atoms with E-state index in [1.54, 1.807) is 24.4 Å². The highest BCUT2D eigenvalue weighted by molar-refractivity contribution is 6.06. The van der Waals surface area contributed by atoms with Gasteiger partial charge in [-0.2, -0.15) is 0 Å². The molecule has 0 aliphatic heterocycles. The Bertz CT molecular complexity index is 747. The highest BCUT2D eigenvalue weighted by Crippen LogP contribution is 2.17. The lowest BCUT2D eigenvalue weighted by Crippen LogP contribution is -2.22. The first-order valence-corrected chi connectivity index (χ1v) is 6.33. The molecule has 0 aliphatic rings. The third-order valence-corrected chi connectivity index (χ3v) is 3.21. The van der Waals surface area contributed by atoms with E-state index in [1.165, 1.54) is 12.1 Å². The lowest BCUT2D eigenvalue weighted by Gasteiger charge is -2.06. The number of nitrogens with one attached hydrogen (secondary N) is 2. The Morgan fingerprint density at radius 1 is 1.10 bits per heavy atom. The average Bonchev–Trinajstić information content (AvgIpc) is 2.94. The highest BCUT2D eigenvalue weighted by atomic mass is 19.1. The molecule has 0 spiro atoms. The van der Waals surface area contributed by atoms with Crippen molar-refractivity contribution in [1.29, 1.82) is 0 Å². The average molecular weight is 268 g/mol. The Balaban J connectivity index is 1.76. The molecule has 0 bridgehead atoms. The Hall–Kier alpha value is -2.62. The zero-order valence-electron chi connectivity index (χ0n) is 10.7. The van der Waals surface area contributed by atoms with Gasteiger partial charge >= 0.3 is 0 Å². The third-order valence-electron chi connectivity index (χ3n) is 3.21. The Morgan fingerprint density at radius 2 is 1.90 bits per heavy atom. The van der Waals surface area contributed by atoms with Crippen LogP contribution in [0.4, 0.5) is 4.39 Å². The molecule has 100 valence electrons. The van der Waals surface area contributed by atoms with Crippen LogP contribution in [0, 0.1) is 5.82 Å². The number of carbonyl (C=O) groups excluding carboxylic acids is 1. The SMILES string of the molecule is O=C(NCc1ccc(F)cc1)c1cccc2[nH]ccc12. The molecule has 0 atom stereocenters. The molecule has 0 unspecified atom stereocenters. The van der Waals surface area contributed by atoms with E-state index in [4.69, 9.17) is 0 Å². The summed E-state index contributed by atoms with van der Waals surface area (Å²) < 4.78 is 12.8. The second kappa shape index (κ2) is 5.17. The van der Waals surface area contributed by atoms with E-state index in [1.807, 2.05) is 18.2 Å². The summed E-state index contributed by atoms with van der Waals surface area (Å²) in [6, 6.07) is 13.5. The van der Waals surface area contributed by atoms with Crippen LogP contribution >= 0.6 is 0 Å². The number of hydrogen-bond acceptors (Lipinski definition) is 1. The first kappa shape index (κ1) is 12.4. The van der Waals surface area contributed by atoms with Gasteiger partial charge in [-0.1, -0.05) is 18.2 Å². The molecule has 0 aliphatic carbocycles. The summed E-state index contributed by atoms with van der Waals surface area (Å²) in [6.07, 6.45) is 1.81. The number of H-pyrrole nitrogens is 1. The van der Waals surface area contributed by atoms with E-state index in [0.717, 1.165) is 16.5 Å².